The summed E-state index contributed by atoms with van der Waals surface area (Å²) in [7, 11) is 0. The van der Waals surface area contributed by atoms with E-state index in [1.54, 1.807) is 6.20 Å². The molecule has 0 spiro atoms. The van der Waals surface area contributed by atoms with E-state index < -0.39 is 6.10 Å². The molecular formula is C18H17NO2. The summed E-state index contributed by atoms with van der Waals surface area (Å²) in [5.74, 6) is 0.739. The molecule has 1 N–H and O–H groups in total. The summed E-state index contributed by atoms with van der Waals surface area (Å²) in [4.78, 5) is 4.31. The molecule has 0 fully saturated rings. The lowest BCUT2D eigenvalue weighted by molar-refractivity contribution is 0.0477. The average molecular weight is 279 g/mol. The van der Waals surface area contributed by atoms with Gasteiger partial charge in [0.15, 0.2) is 0 Å². The van der Waals surface area contributed by atoms with E-state index in [2.05, 4.69) is 4.98 Å². The van der Waals surface area contributed by atoms with Crippen molar-refractivity contribution in [2.24, 2.45) is 0 Å². The van der Waals surface area contributed by atoms with Crippen LogP contribution in [-0.4, -0.2) is 16.2 Å². The Balaban J connectivity index is 1.85. The maximum absolute atomic E-state index is 10.4. The van der Waals surface area contributed by atoms with Crippen molar-refractivity contribution in [3.05, 3.63) is 72.4 Å². The standard InChI is InChI=1S/C18H17NO2/c1-13(18(20)14-7-3-2-4-8-14)21-17-11-5-10-16-15(17)9-6-12-19-16/h2-13,18,20H,1H3. The molecular weight excluding hydrogens is 262 g/mol. The monoisotopic (exact) mass is 279 g/mol. The molecule has 2 unspecified atom stereocenters. The van der Waals surface area contributed by atoms with Gasteiger partial charge in [-0.05, 0) is 36.8 Å². The lowest BCUT2D eigenvalue weighted by Gasteiger charge is -2.21. The third-order valence-corrected chi connectivity index (χ3v) is 3.50. The van der Waals surface area contributed by atoms with Crippen LogP contribution in [0.4, 0.5) is 0 Å². The Kier molecular flexibility index (Phi) is 3.84. The first-order chi connectivity index (χ1) is 10.3. The topological polar surface area (TPSA) is 42.4 Å². The molecule has 0 aliphatic rings. The van der Waals surface area contributed by atoms with Crippen LogP contribution in [-0.2, 0) is 0 Å². The van der Waals surface area contributed by atoms with Gasteiger partial charge >= 0.3 is 0 Å². The number of ether oxygens (including phenoxy) is 1. The highest BCUT2D eigenvalue weighted by Gasteiger charge is 2.18. The van der Waals surface area contributed by atoms with Gasteiger partial charge in [0, 0.05) is 11.6 Å². The van der Waals surface area contributed by atoms with Crippen molar-refractivity contribution in [3.63, 3.8) is 0 Å². The zero-order valence-corrected chi connectivity index (χ0v) is 11.8. The molecule has 3 aromatic rings. The molecule has 106 valence electrons. The SMILES string of the molecule is CC(Oc1cccc2ncccc12)C(O)c1ccccc1. The molecule has 2 atom stereocenters. The predicted octanol–water partition coefficient (Wildman–Crippen LogP) is 3.74. The smallest absolute Gasteiger partial charge is 0.129 e. The third-order valence-electron chi connectivity index (χ3n) is 3.50. The van der Waals surface area contributed by atoms with E-state index >= 15 is 0 Å². The van der Waals surface area contributed by atoms with Crippen LogP contribution in [0, 0.1) is 0 Å². The van der Waals surface area contributed by atoms with Gasteiger partial charge in [0.05, 0.1) is 5.52 Å². The van der Waals surface area contributed by atoms with E-state index in [4.69, 9.17) is 4.74 Å². The number of hydrogen-bond donors (Lipinski definition) is 1. The van der Waals surface area contributed by atoms with Crippen molar-refractivity contribution in [1.82, 2.24) is 4.98 Å². The molecule has 1 aromatic heterocycles. The van der Waals surface area contributed by atoms with E-state index in [1.807, 2.05) is 67.6 Å². The molecule has 0 aliphatic carbocycles. The summed E-state index contributed by atoms with van der Waals surface area (Å²) in [5, 5.41) is 11.3. The van der Waals surface area contributed by atoms with Gasteiger partial charge in [-0.2, -0.15) is 0 Å². The van der Waals surface area contributed by atoms with Crippen molar-refractivity contribution in [3.8, 4) is 5.75 Å². The molecule has 3 rings (SSSR count). The van der Waals surface area contributed by atoms with E-state index in [0.29, 0.717) is 0 Å². The maximum Gasteiger partial charge on any atom is 0.129 e. The molecule has 3 nitrogen and oxygen atoms in total. The molecule has 3 heteroatoms. The highest BCUT2D eigenvalue weighted by Crippen LogP contribution is 2.27. The first kappa shape index (κ1) is 13.6. The second-order valence-electron chi connectivity index (χ2n) is 5.00. The number of pyridine rings is 1. The molecule has 0 saturated heterocycles. The number of aliphatic hydroxyl groups excluding tert-OH is 1. The van der Waals surface area contributed by atoms with Crippen molar-refractivity contribution in [2.75, 3.05) is 0 Å². The Morgan fingerprint density at radius 2 is 1.76 bits per heavy atom. The van der Waals surface area contributed by atoms with E-state index in [9.17, 15) is 5.11 Å². The summed E-state index contributed by atoms with van der Waals surface area (Å²) in [6.45, 7) is 1.87. The Labute approximate surface area is 123 Å². The van der Waals surface area contributed by atoms with Crippen LogP contribution in [0.3, 0.4) is 0 Å². The Morgan fingerprint density at radius 1 is 0.952 bits per heavy atom. The van der Waals surface area contributed by atoms with Gasteiger partial charge in [0.2, 0.25) is 0 Å². The highest BCUT2D eigenvalue weighted by molar-refractivity contribution is 5.84. The minimum atomic E-state index is -0.668. The summed E-state index contributed by atoms with van der Waals surface area (Å²) >= 11 is 0. The molecule has 0 saturated carbocycles. The van der Waals surface area contributed by atoms with Gasteiger partial charge in [-0.3, -0.25) is 4.98 Å². The van der Waals surface area contributed by atoms with Crippen molar-refractivity contribution in [2.45, 2.75) is 19.1 Å². The van der Waals surface area contributed by atoms with Gasteiger partial charge in [-0.25, -0.2) is 0 Å². The second kappa shape index (κ2) is 5.94. The Hall–Kier alpha value is -2.39. The van der Waals surface area contributed by atoms with E-state index in [0.717, 1.165) is 22.2 Å². The zero-order valence-electron chi connectivity index (χ0n) is 11.8. The van der Waals surface area contributed by atoms with Crippen molar-refractivity contribution in [1.29, 1.82) is 0 Å². The summed E-state index contributed by atoms with van der Waals surface area (Å²) in [5.41, 5.74) is 1.74. The number of aliphatic hydroxyl groups is 1. The molecule has 0 amide bonds. The maximum atomic E-state index is 10.4. The molecule has 21 heavy (non-hydrogen) atoms. The van der Waals surface area contributed by atoms with Gasteiger partial charge in [0.25, 0.3) is 0 Å². The van der Waals surface area contributed by atoms with Gasteiger partial charge in [0.1, 0.15) is 18.0 Å². The fourth-order valence-corrected chi connectivity index (χ4v) is 2.36. The van der Waals surface area contributed by atoms with Crippen LogP contribution in [0.2, 0.25) is 0 Å². The van der Waals surface area contributed by atoms with Crippen LogP contribution < -0.4 is 4.74 Å². The third kappa shape index (κ3) is 2.88. The largest absolute Gasteiger partial charge is 0.487 e. The van der Waals surface area contributed by atoms with Crippen molar-refractivity contribution >= 4 is 10.9 Å². The minimum absolute atomic E-state index is 0.349. The second-order valence-corrected chi connectivity index (χ2v) is 5.00. The Morgan fingerprint density at radius 3 is 2.57 bits per heavy atom. The number of aromatic nitrogens is 1. The zero-order chi connectivity index (χ0) is 14.7. The van der Waals surface area contributed by atoms with Crippen LogP contribution in [0.1, 0.15) is 18.6 Å². The minimum Gasteiger partial charge on any atom is -0.487 e. The molecule has 0 bridgehead atoms. The predicted molar refractivity (Wildman–Crippen MR) is 83.2 cm³/mol. The normalized spacial score (nSPS) is 13.8. The molecule has 0 radical (unpaired) electrons. The Bertz CT molecular complexity index is 722. The average Bonchev–Trinajstić information content (AvgIpc) is 2.55. The quantitative estimate of drug-likeness (QED) is 0.791. The molecule has 1 heterocycles. The fourth-order valence-electron chi connectivity index (χ4n) is 2.36. The van der Waals surface area contributed by atoms with Gasteiger partial charge < -0.3 is 9.84 Å². The number of fused-ring (bicyclic) bond motifs is 1. The first-order valence-electron chi connectivity index (χ1n) is 6.99. The van der Waals surface area contributed by atoms with Crippen LogP contribution in [0.5, 0.6) is 5.75 Å². The lowest BCUT2D eigenvalue weighted by atomic mass is 10.1. The lowest BCUT2D eigenvalue weighted by Crippen LogP contribution is -2.21. The summed E-state index contributed by atoms with van der Waals surface area (Å²) in [6.07, 6.45) is 0.741. The van der Waals surface area contributed by atoms with Crippen LogP contribution in [0.15, 0.2) is 66.9 Å². The number of nitrogens with zero attached hydrogens (tertiary/aromatic N) is 1. The highest BCUT2D eigenvalue weighted by atomic mass is 16.5. The van der Waals surface area contributed by atoms with Crippen molar-refractivity contribution < 1.29 is 9.84 Å². The number of rotatable bonds is 4. The molecule has 2 aromatic carbocycles. The number of benzene rings is 2. The fraction of sp³-hybridized carbons (Fsp3) is 0.167. The first-order valence-corrected chi connectivity index (χ1v) is 6.99. The van der Waals surface area contributed by atoms with Crippen LogP contribution in [0.25, 0.3) is 10.9 Å². The van der Waals surface area contributed by atoms with Gasteiger partial charge in [-0.1, -0.05) is 36.4 Å². The molecule has 0 aliphatic heterocycles. The summed E-state index contributed by atoms with van der Waals surface area (Å²) in [6, 6.07) is 19.2. The van der Waals surface area contributed by atoms with E-state index in [1.165, 1.54) is 0 Å². The number of hydrogen-bond acceptors (Lipinski definition) is 3. The van der Waals surface area contributed by atoms with E-state index in [-0.39, 0.29) is 6.10 Å². The van der Waals surface area contributed by atoms with Crippen LogP contribution >= 0.6 is 0 Å². The summed E-state index contributed by atoms with van der Waals surface area (Å²) < 4.78 is 5.95. The van der Waals surface area contributed by atoms with Gasteiger partial charge in [-0.15, -0.1) is 0 Å².